The zero-order chi connectivity index (χ0) is 10.6. The molecule has 14 heavy (non-hydrogen) atoms. The summed E-state index contributed by atoms with van der Waals surface area (Å²) in [4.78, 5) is 0. The highest BCUT2D eigenvalue weighted by atomic mass is 31.2. The van der Waals surface area contributed by atoms with Gasteiger partial charge in [0.2, 0.25) is 0 Å². The van der Waals surface area contributed by atoms with Crippen molar-refractivity contribution in [2.75, 3.05) is 20.4 Å². The molecule has 1 rings (SSSR count). The first kappa shape index (κ1) is 12.2. The molecule has 0 aromatic rings. The smallest absolute Gasteiger partial charge is 0.330 e. The van der Waals surface area contributed by atoms with E-state index in [1.807, 2.05) is 0 Å². The van der Waals surface area contributed by atoms with Crippen LogP contribution in [0.4, 0.5) is 0 Å². The summed E-state index contributed by atoms with van der Waals surface area (Å²) < 4.78 is 27.0. The minimum atomic E-state index is -2.83. The normalized spacial score (nSPS) is 28.2. The van der Waals surface area contributed by atoms with Crippen molar-refractivity contribution in [1.29, 1.82) is 0 Å². The maximum atomic E-state index is 11.7. The summed E-state index contributed by atoms with van der Waals surface area (Å²) in [5.74, 6) is 0. The van der Waals surface area contributed by atoms with Crippen LogP contribution in [0.25, 0.3) is 0 Å². The van der Waals surface area contributed by atoms with E-state index in [1.165, 1.54) is 14.2 Å². The molecule has 0 N–H and O–H groups in total. The van der Waals surface area contributed by atoms with E-state index in [0.29, 0.717) is 12.3 Å². The third kappa shape index (κ3) is 3.35. The molecule has 1 saturated heterocycles. The Morgan fingerprint density at radius 1 is 1.36 bits per heavy atom. The zero-order valence-electron chi connectivity index (χ0n) is 9.06. The first-order valence-electron chi connectivity index (χ1n) is 4.95. The summed E-state index contributed by atoms with van der Waals surface area (Å²) in [6.45, 7) is 2.06. The van der Waals surface area contributed by atoms with Crippen LogP contribution >= 0.6 is 7.60 Å². The van der Waals surface area contributed by atoms with Crippen LogP contribution in [0.1, 0.15) is 26.2 Å². The molecule has 84 valence electrons. The summed E-state index contributed by atoms with van der Waals surface area (Å²) in [6, 6.07) is 0. The van der Waals surface area contributed by atoms with Gasteiger partial charge >= 0.3 is 7.60 Å². The van der Waals surface area contributed by atoms with Crippen LogP contribution in [-0.4, -0.2) is 32.6 Å². The maximum Gasteiger partial charge on any atom is 0.330 e. The number of rotatable bonds is 5. The fourth-order valence-corrected chi connectivity index (χ4v) is 2.78. The lowest BCUT2D eigenvalue weighted by molar-refractivity contribution is 0.0534. The van der Waals surface area contributed by atoms with Gasteiger partial charge in [0.15, 0.2) is 0 Å². The van der Waals surface area contributed by atoms with Crippen molar-refractivity contribution in [2.45, 2.75) is 38.4 Å². The van der Waals surface area contributed by atoms with Gasteiger partial charge in [-0.15, -0.1) is 0 Å². The monoisotopic (exact) mass is 222 g/mol. The molecule has 2 atom stereocenters. The molecule has 0 bridgehead atoms. The highest BCUT2D eigenvalue weighted by molar-refractivity contribution is 7.53. The van der Waals surface area contributed by atoms with Gasteiger partial charge in [-0.2, -0.15) is 0 Å². The van der Waals surface area contributed by atoms with Gasteiger partial charge in [-0.25, -0.2) is 0 Å². The molecular weight excluding hydrogens is 203 g/mol. The molecule has 1 aliphatic rings. The Labute approximate surface area is 85.5 Å². The molecule has 0 spiro atoms. The molecule has 1 fully saturated rings. The third-order valence-corrected chi connectivity index (χ3v) is 4.52. The number of ether oxygens (including phenoxy) is 1. The second-order valence-corrected chi connectivity index (χ2v) is 6.03. The van der Waals surface area contributed by atoms with Crippen LogP contribution in [0, 0.1) is 0 Å². The van der Waals surface area contributed by atoms with E-state index in [1.54, 1.807) is 0 Å². The highest BCUT2D eigenvalue weighted by Crippen LogP contribution is 2.47. The molecule has 5 heteroatoms. The summed E-state index contributed by atoms with van der Waals surface area (Å²) in [5.41, 5.74) is 0. The molecule has 1 unspecified atom stereocenters. The van der Waals surface area contributed by atoms with E-state index in [0.717, 1.165) is 19.3 Å². The summed E-state index contributed by atoms with van der Waals surface area (Å²) >= 11 is 0. The van der Waals surface area contributed by atoms with Gasteiger partial charge < -0.3 is 13.8 Å². The molecule has 0 saturated carbocycles. The lowest BCUT2D eigenvalue weighted by Crippen LogP contribution is -2.11. The predicted octanol–water partition coefficient (Wildman–Crippen LogP) is 2.43. The van der Waals surface area contributed by atoms with Gasteiger partial charge in [-0.05, 0) is 26.2 Å². The first-order valence-corrected chi connectivity index (χ1v) is 6.68. The summed E-state index contributed by atoms with van der Waals surface area (Å²) in [6.07, 6.45) is 3.90. The van der Waals surface area contributed by atoms with Crippen LogP contribution < -0.4 is 0 Å². The van der Waals surface area contributed by atoms with E-state index in [9.17, 15) is 4.57 Å². The minimum absolute atomic E-state index is 0.226. The first-order chi connectivity index (χ1) is 6.59. The van der Waals surface area contributed by atoms with Crippen molar-refractivity contribution in [3.63, 3.8) is 0 Å². The van der Waals surface area contributed by atoms with E-state index in [2.05, 4.69) is 6.92 Å². The van der Waals surface area contributed by atoms with Crippen molar-refractivity contribution in [1.82, 2.24) is 0 Å². The minimum Gasteiger partial charge on any atom is -0.375 e. The second kappa shape index (κ2) is 5.26. The van der Waals surface area contributed by atoms with Crippen molar-refractivity contribution < 1.29 is 18.3 Å². The molecule has 0 aromatic carbocycles. The molecule has 0 aliphatic carbocycles. The molecule has 0 radical (unpaired) electrons. The highest BCUT2D eigenvalue weighted by Gasteiger charge is 2.27. The van der Waals surface area contributed by atoms with Crippen LogP contribution in [0.3, 0.4) is 0 Å². The van der Waals surface area contributed by atoms with E-state index in [-0.39, 0.29) is 6.10 Å². The van der Waals surface area contributed by atoms with Gasteiger partial charge in [0.05, 0.1) is 18.4 Å². The summed E-state index contributed by atoms with van der Waals surface area (Å²) in [5, 5.41) is 0. The molecule has 4 nitrogen and oxygen atoms in total. The largest absolute Gasteiger partial charge is 0.375 e. The Morgan fingerprint density at radius 2 is 2.00 bits per heavy atom. The third-order valence-electron chi connectivity index (χ3n) is 2.60. The van der Waals surface area contributed by atoms with Gasteiger partial charge in [0.1, 0.15) is 0 Å². The Kier molecular flexibility index (Phi) is 4.58. The summed E-state index contributed by atoms with van der Waals surface area (Å²) in [7, 11) is 0.00476. The number of hydrogen-bond donors (Lipinski definition) is 0. The Morgan fingerprint density at radius 3 is 2.43 bits per heavy atom. The topological polar surface area (TPSA) is 44.8 Å². The predicted molar refractivity (Wildman–Crippen MR) is 54.7 cm³/mol. The lowest BCUT2D eigenvalue weighted by Gasteiger charge is -2.16. The van der Waals surface area contributed by atoms with Crippen molar-refractivity contribution in [3.05, 3.63) is 0 Å². The van der Waals surface area contributed by atoms with Crippen molar-refractivity contribution in [2.24, 2.45) is 0 Å². The van der Waals surface area contributed by atoms with Gasteiger partial charge in [-0.1, -0.05) is 0 Å². The molecular formula is C9H19O4P. The average molecular weight is 222 g/mol. The van der Waals surface area contributed by atoms with Crippen molar-refractivity contribution >= 4 is 7.60 Å². The van der Waals surface area contributed by atoms with Gasteiger partial charge in [0, 0.05) is 14.2 Å². The lowest BCUT2D eigenvalue weighted by atomic mass is 10.2. The fourth-order valence-electron chi connectivity index (χ4n) is 1.66. The van der Waals surface area contributed by atoms with Crippen molar-refractivity contribution in [3.8, 4) is 0 Å². The van der Waals surface area contributed by atoms with Gasteiger partial charge in [-0.3, -0.25) is 4.57 Å². The standard InChI is InChI=1S/C9H19O4P/c1-8-4-5-9(13-8)6-7-14(10,11-2)12-3/h8-9H,4-7H2,1-3H3/t8?,9-/m0/s1. The maximum absolute atomic E-state index is 11.7. The molecule has 0 amide bonds. The van der Waals surface area contributed by atoms with Crippen LogP contribution in [0.2, 0.25) is 0 Å². The molecule has 0 aromatic heterocycles. The number of hydrogen-bond acceptors (Lipinski definition) is 4. The van der Waals surface area contributed by atoms with E-state index >= 15 is 0 Å². The SMILES string of the molecule is COP(=O)(CC[C@@H]1CCC(C)O1)OC. The van der Waals surface area contributed by atoms with E-state index < -0.39 is 7.60 Å². The van der Waals surface area contributed by atoms with Crippen LogP contribution in [0.15, 0.2) is 0 Å². The zero-order valence-corrected chi connectivity index (χ0v) is 9.96. The molecule has 1 aliphatic heterocycles. The van der Waals surface area contributed by atoms with Crippen LogP contribution in [0.5, 0.6) is 0 Å². The average Bonchev–Trinajstić information content (AvgIpc) is 2.61. The van der Waals surface area contributed by atoms with E-state index in [4.69, 9.17) is 13.8 Å². The molecule has 1 heterocycles. The Balaban J connectivity index is 2.29. The van der Waals surface area contributed by atoms with Crippen LogP contribution in [-0.2, 0) is 18.3 Å². The second-order valence-electron chi connectivity index (χ2n) is 3.63. The Hall–Kier alpha value is 0.110. The quantitative estimate of drug-likeness (QED) is 0.670. The Bertz CT molecular complexity index is 211. The van der Waals surface area contributed by atoms with Gasteiger partial charge in [0.25, 0.3) is 0 Å². The fraction of sp³-hybridized carbons (Fsp3) is 1.00.